The second-order valence-electron chi connectivity index (χ2n) is 3.04. The van der Waals surface area contributed by atoms with Gasteiger partial charge >= 0.3 is 0 Å². The van der Waals surface area contributed by atoms with Crippen molar-refractivity contribution in [2.24, 2.45) is 7.05 Å². The van der Waals surface area contributed by atoms with Gasteiger partial charge in [0.25, 0.3) is 10.0 Å². The topological polar surface area (TPSA) is 93.2 Å². The first-order valence-electron chi connectivity index (χ1n) is 3.81. The van der Waals surface area contributed by atoms with Gasteiger partial charge < -0.3 is 10.3 Å². The molecule has 0 aliphatic carbocycles. The highest BCUT2D eigenvalue weighted by Gasteiger charge is 2.22. The zero-order valence-electron chi connectivity index (χ0n) is 8.22. The molecule has 0 aliphatic rings. The van der Waals surface area contributed by atoms with Crippen LogP contribution in [0.4, 0.5) is 5.82 Å². The summed E-state index contributed by atoms with van der Waals surface area (Å²) in [5.74, 6) is -0.0122. The van der Waals surface area contributed by atoms with Crippen LogP contribution in [0.2, 0.25) is 0 Å². The summed E-state index contributed by atoms with van der Waals surface area (Å²) in [7, 11) is 1.08. The third-order valence-corrected chi connectivity index (χ3v) is 3.08. The summed E-state index contributed by atoms with van der Waals surface area (Å²) >= 11 is 0. The van der Waals surface area contributed by atoms with Gasteiger partial charge in [-0.05, 0) is 0 Å². The van der Waals surface area contributed by atoms with Gasteiger partial charge in [-0.3, -0.25) is 0 Å². The van der Waals surface area contributed by atoms with Gasteiger partial charge in [0.15, 0.2) is 10.8 Å². The number of sulfonamides is 1. The van der Waals surface area contributed by atoms with Crippen LogP contribution in [0, 0.1) is 0 Å². The first kappa shape index (κ1) is 11.0. The predicted octanol–water partition coefficient (Wildman–Crippen LogP) is -1.24. The number of imidazole rings is 1. The number of nitrogen functional groups attached to an aromatic ring is 1. The van der Waals surface area contributed by atoms with E-state index < -0.39 is 10.0 Å². The Balaban J connectivity index is 3.17. The molecule has 14 heavy (non-hydrogen) atoms. The van der Waals surface area contributed by atoms with E-state index in [1.165, 1.54) is 15.9 Å². The molecular weight excluding hydrogens is 206 g/mol. The molecule has 1 aromatic rings. The zero-order valence-corrected chi connectivity index (χ0v) is 9.04. The van der Waals surface area contributed by atoms with Crippen molar-refractivity contribution < 1.29 is 8.42 Å². The van der Waals surface area contributed by atoms with E-state index in [0.29, 0.717) is 0 Å². The molecule has 0 spiro atoms. The minimum atomic E-state index is -3.63. The summed E-state index contributed by atoms with van der Waals surface area (Å²) in [6, 6.07) is 0. The van der Waals surface area contributed by atoms with Crippen molar-refractivity contribution in [3.8, 4) is 0 Å². The van der Waals surface area contributed by atoms with E-state index in [0.717, 1.165) is 0 Å². The predicted molar refractivity (Wildman–Crippen MR) is 51.6 cm³/mol. The monoisotopic (exact) mass is 219 g/mol. The summed E-state index contributed by atoms with van der Waals surface area (Å²) in [5.41, 5.74) is 5.43. The Bertz CT molecular complexity index is 402. The number of hydrogen-bond acceptors (Lipinski definition) is 5. The van der Waals surface area contributed by atoms with Gasteiger partial charge in [0.2, 0.25) is 0 Å². The second kappa shape index (κ2) is 3.56. The molecule has 1 rings (SSSR count). The van der Waals surface area contributed by atoms with Crippen LogP contribution in [0.15, 0.2) is 11.4 Å². The van der Waals surface area contributed by atoms with Crippen LogP contribution in [-0.2, 0) is 17.1 Å². The fourth-order valence-electron chi connectivity index (χ4n) is 1.05. The van der Waals surface area contributed by atoms with E-state index in [4.69, 9.17) is 5.73 Å². The van der Waals surface area contributed by atoms with E-state index in [1.807, 2.05) is 0 Å². The molecular formula is C6H13N5O2S. The summed E-state index contributed by atoms with van der Waals surface area (Å²) < 4.78 is 24.7. The Morgan fingerprint density at radius 1 is 1.57 bits per heavy atom. The highest BCUT2D eigenvalue weighted by Crippen LogP contribution is 2.14. The quantitative estimate of drug-likeness (QED) is 0.620. The molecule has 0 atom stereocenters. The molecule has 0 radical (unpaired) electrons. The molecule has 3 N–H and O–H groups in total. The Morgan fingerprint density at radius 2 is 2.14 bits per heavy atom. The number of aryl methyl sites for hydroxylation is 1. The zero-order chi connectivity index (χ0) is 10.9. The lowest BCUT2D eigenvalue weighted by molar-refractivity contribution is 0.362. The molecule has 1 aromatic heterocycles. The van der Waals surface area contributed by atoms with Crippen molar-refractivity contribution in [3.05, 3.63) is 6.33 Å². The Labute approximate surface area is 82.5 Å². The number of nitrogens with one attached hydrogen (secondary N) is 1. The van der Waals surface area contributed by atoms with Crippen LogP contribution in [0.5, 0.6) is 0 Å². The van der Waals surface area contributed by atoms with Crippen LogP contribution < -0.4 is 10.6 Å². The molecule has 0 fully saturated rings. The standard InChI is InChI=1S/C6H13N5O2S/c1-10(2)9-14(12,13)6-5(7)8-4-11(6)3/h4,9H,7H2,1-3H3. The van der Waals surface area contributed by atoms with E-state index in [2.05, 4.69) is 9.82 Å². The van der Waals surface area contributed by atoms with Gasteiger partial charge in [0.05, 0.1) is 6.33 Å². The third kappa shape index (κ3) is 2.03. The summed E-state index contributed by atoms with van der Waals surface area (Å²) in [4.78, 5) is 5.96. The summed E-state index contributed by atoms with van der Waals surface area (Å²) in [6.45, 7) is 0. The highest BCUT2D eigenvalue weighted by atomic mass is 32.2. The molecule has 0 saturated carbocycles. The minimum Gasteiger partial charge on any atom is -0.381 e. The molecule has 0 unspecified atom stereocenters. The molecule has 7 nitrogen and oxygen atoms in total. The van der Waals surface area contributed by atoms with Crippen LogP contribution in [0.25, 0.3) is 0 Å². The average Bonchev–Trinajstić information content (AvgIpc) is 2.27. The number of aromatic nitrogens is 2. The van der Waals surface area contributed by atoms with Crippen LogP contribution in [0.3, 0.4) is 0 Å². The van der Waals surface area contributed by atoms with Crippen LogP contribution in [-0.4, -0.2) is 37.1 Å². The molecule has 1 heterocycles. The molecule has 0 amide bonds. The lowest BCUT2D eigenvalue weighted by Crippen LogP contribution is -2.37. The van der Waals surface area contributed by atoms with Gasteiger partial charge in [-0.1, -0.05) is 0 Å². The molecule has 0 bridgehead atoms. The van der Waals surface area contributed by atoms with Crippen molar-refractivity contribution in [3.63, 3.8) is 0 Å². The molecule has 8 heteroatoms. The number of hydrazine groups is 1. The van der Waals surface area contributed by atoms with Crippen molar-refractivity contribution in [1.29, 1.82) is 0 Å². The van der Waals surface area contributed by atoms with Gasteiger partial charge in [-0.25, -0.2) is 18.4 Å². The minimum absolute atomic E-state index is 0.0122. The molecule has 0 saturated heterocycles. The van der Waals surface area contributed by atoms with Gasteiger partial charge in [0.1, 0.15) is 0 Å². The van der Waals surface area contributed by atoms with Gasteiger partial charge in [-0.2, -0.15) is 0 Å². The maximum absolute atomic E-state index is 11.7. The van der Waals surface area contributed by atoms with Crippen molar-refractivity contribution in [1.82, 2.24) is 19.4 Å². The largest absolute Gasteiger partial charge is 0.381 e. The third-order valence-electron chi connectivity index (χ3n) is 1.47. The number of nitrogens with zero attached hydrogens (tertiary/aromatic N) is 3. The Morgan fingerprint density at radius 3 is 2.50 bits per heavy atom. The fraction of sp³-hybridized carbons (Fsp3) is 0.500. The number of anilines is 1. The highest BCUT2D eigenvalue weighted by molar-refractivity contribution is 7.89. The van der Waals surface area contributed by atoms with E-state index >= 15 is 0 Å². The maximum atomic E-state index is 11.7. The van der Waals surface area contributed by atoms with E-state index in [9.17, 15) is 8.42 Å². The number of rotatable bonds is 3. The maximum Gasteiger partial charge on any atom is 0.272 e. The molecule has 0 aromatic carbocycles. The smallest absolute Gasteiger partial charge is 0.272 e. The SMILES string of the molecule is CN(C)NS(=O)(=O)c1c(N)ncn1C. The van der Waals surface area contributed by atoms with Gasteiger partial charge in [0, 0.05) is 21.1 Å². The second-order valence-corrected chi connectivity index (χ2v) is 4.61. The lowest BCUT2D eigenvalue weighted by atomic mass is 10.8. The Kier molecular flexibility index (Phi) is 2.79. The van der Waals surface area contributed by atoms with Gasteiger partial charge in [-0.15, -0.1) is 4.83 Å². The molecule has 80 valence electrons. The first-order valence-corrected chi connectivity index (χ1v) is 5.29. The fourth-order valence-corrected chi connectivity index (χ4v) is 2.37. The van der Waals surface area contributed by atoms with Crippen LogP contribution >= 0.6 is 0 Å². The van der Waals surface area contributed by atoms with E-state index in [-0.39, 0.29) is 10.8 Å². The number of hydrogen-bond donors (Lipinski definition) is 2. The Hall–Kier alpha value is -1.12. The summed E-state index contributed by atoms with van der Waals surface area (Å²) in [6.07, 6.45) is 1.35. The van der Waals surface area contributed by atoms with E-state index in [1.54, 1.807) is 21.1 Å². The normalized spacial score (nSPS) is 12.3. The van der Waals surface area contributed by atoms with Crippen molar-refractivity contribution in [2.45, 2.75) is 5.03 Å². The average molecular weight is 219 g/mol. The summed E-state index contributed by atoms with van der Waals surface area (Å²) in [5, 5.41) is 1.29. The van der Waals surface area contributed by atoms with Crippen molar-refractivity contribution >= 4 is 15.8 Å². The lowest BCUT2D eigenvalue weighted by Gasteiger charge is -2.12. The number of nitrogens with two attached hydrogens (primary N) is 1. The van der Waals surface area contributed by atoms with Crippen molar-refractivity contribution in [2.75, 3.05) is 19.8 Å². The first-order chi connectivity index (χ1) is 6.34. The van der Waals surface area contributed by atoms with Crippen LogP contribution in [0.1, 0.15) is 0 Å². The molecule has 0 aliphatic heterocycles.